The molecule has 19 heavy (non-hydrogen) atoms. The van der Waals surface area contributed by atoms with Gasteiger partial charge in [-0.1, -0.05) is 6.07 Å². The van der Waals surface area contributed by atoms with Gasteiger partial charge in [-0.05, 0) is 57.4 Å². The van der Waals surface area contributed by atoms with Gasteiger partial charge in [0, 0.05) is 19.1 Å². The van der Waals surface area contributed by atoms with E-state index >= 15 is 0 Å². The van der Waals surface area contributed by atoms with Crippen molar-refractivity contribution in [2.75, 3.05) is 18.5 Å². The largest absolute Gasteiger partial charge is 0.368 e. The number of nitrogens with zero attached hydrogens (tertiary/aromatic N) is 2. The van der Waals surface area contributed by atoms with Gasteiger partial charge in [0.25, 0.3) is 0 Å². The van der Waals surface area contributed by atoms with Crippen molar-refractivity contribution < 1.29 is 0 Å². The van der Waals surface area contributed by atoms with Crippen LogP contribution in [-0.4, -0.2) is 19.6 Å². The molecular weight excluding hydrogens is 234 g/mol. The Morgan fingerprint density at radius 2 is 2.16 bits per heavy atom. The Kier molecular flexibility index (Phi) is 4.44. The van der Waals surface area contributed by atoms with Crippen LogP contribution < -0.4 is 10.2 Å². The monoisotopic (exact) mass is 257 g/mol. The van der Waals surface area contributed by atoms with Crippen LogP contribution in [0.2, 0.25) is 0 Å². The Labute approximate surface area is 116 Å². The topological polar surface area (TPSA) is 39.1 Å². The van der Waals surface area contributed by atoms with E-state index in [4.69, 9.17) is 0 Å². The lowest BCUT2D eigenvalue weighted by Crippen LogP contribution is -2.33. The molecule has 0 spiro atoms. The molecule has 3 nitrogen and oxygen atoms in total. The van der Waals surface area contributed by atoms with Gasteiger partial charge in [0.2, 0.25) is 0 Å². The summed E-state index contributed by atoms with van der Waals surface area (Å²) in [5.41, 5.74) is 3.05. The average Bonchev–Trinajstić information content (AvgIpc) is 3.20. The Balaban J connectivity index is 2.27. The third kappa shape index (κ3) is 3.48. The van der Waals surface area contributed by atoms with E-state index < -0.39 is 0 Å². The van der Waals surface area contributed by atoms with E-state index in [0.29, 0.717) is 6.04 Å². The van der Waals surface area contributed by atoms with Gasteiger partial charge in [0.15, 0.2) is 0 Å². The third-order valence-electron chi connectivity index (χ3n) is 3.65. The molecule has 0 atom stereocenters. The minimum atomic E-state index is 0.433. The highest BCUT2D eigenvalue weighted by atomic mass is 15.2. The number of nitriles is 1. The van der Waals surface area contributed by atoms with Gasteiger partial charge in [0.1, 0.15) is 6.07 Å². The predicted molar refractivity (Wildman–Crippen MR) is 79.1 cm³/mol. The zero-order chi connectivity index (χ0) is 13.8. The zero-order valence-corrected chi connectivity index (χ0v) is 12.1. The summed E-state index contributed by atoms with van der Waals surface area (Å²) in [6, 6.07) is 9.02. The summed E-state index contributed by atoms with van der Waals surface area (Å²) in [4.78, 5) is 2.37. The molecule has 0 saturated heterocycles. The lowest BCUT2D eigenvalue weighted by atomic mass is 10.1. The third-order valence-corrected chi connectivity index (χ3v) is 3.65. The highest BCUT2D eigenvalue weighted by molar-refractivity contribution is 5.61. The number of nitrogens with one attached hydrogen (secondary N) is 1. The van der Waals surface area contributed by atoms with Crippen molar-refractivity contribution in [2.24, 2.45) is 5.92 Å². The lowest BCUT2D eigenvalue weighted by molar-refractivity contribution is 0.644. The molecule has 102 valence electrons. The minimum Gasteiger partial charge on any atom is -0.368 e. The summed E-state index contributed by atoms with van der Waals surface area (Å²) >= 11 is 0. The number of benzene rings is 1. The van der Waals surface area contributed by atoms with E-state index in [2.05, 4.69) is 42.3 Å². The summed E-state index contributed by atoms with van der Waals surface area (Å²) in [5, 5.41) is 12.5. The van der Waals surface area contributed by atoms with Crippen molar-refractivity contribution in [1.82, 2.24) is 5.32 Å². The van der Waals surface area contributed by atoms with Crippen LogP contribution >= 0.6 is 0 Å². The number of hydrogen-bond donors (Lipinski definition) is 1. The van der Waals surface area contributed by atoms with Gasteiger partial charge in [-0.3, -0.25) is 0 Å². The van der Waals surface area contributed by atoms with E-state index in [1.165, 1.54) is 12.8 Å². The molecule has 0 heterocycles. The molecule has 1 N–H and O–H groups in total. The summed E-state index contributed by atoms with van der Waals surface area (Å²) < 4.78 is 0. The fraction of sp³-hybridized carbons (Fsp3) is 0.562. The lowest BCUT2D eigenvalue weighted by Gasteiger charge is -2.30. The average molecular weight is 257 g/mol. The first-order valence-corrected chi connectivity index (χ1v) is 7.10. The van der Waals surface area contributed by atoms with Crippen LogP contribution in [0, 0.1) is 17.2 Å². The van der Waals surface area contributed by atoms with E-state index in [1.807, 2.05) is 13.1 Å². The molecule has 1 aromatic rings. The summed E-state index contributed by atoms with van der Waals surface area (Å²) in [6.07, 6.45) is 2.67. The molecule has 1 aromatic carbocycles. The van der Waals surface area contributed by atoms with Crippen molar-refractivity contribution in [1.29, 1.82) is 5.26 Å². The highest BCUT2D eigenvalue weighted by Crippen LogP contribution is 2.33. The first kappa shape index (κ1) is 13.9. The van der Waals surface area contributed by atoms with E-state index in [9.17, 15) is 5.26 Å². The Morgan fingerprint density at radius 1 is 1.42 bits per heavy atom. The van der Waals surface area contributed by atoms with Gasteiger partial charge in [-0.25, -0.2) is 0 Å². The summed E-state index contributed by atoms with van der Waals surface area (Å²) in [6.45, 7) is 6.28. The molecule has 0 aromatic heterocycles. The number of hydrogen-bond acceptors (Lipinski definition) is 3. The number of anilines is 1. The number of rotatable bonds is 6. The van der Waals surface area contributed by atoms with Crippen LogP contribution in [0.15, 0.2) is 18.2 Å². The SMILES string of the molecule is CNCc1ccc(N(CC2CC2)C(C)C)c(C#N)c1. The minimum absolute atomic E-state index is 0.433. The van der Waals surface area contributed by atoms with Crippen LogP contribution in [0.4, 0.5) is 5.69 Å². The first-order chi connectivity index (χ1) is 9.15. The Morgan fingerprint density at radius 3 is 2.68 bits per heavy atom. The van der Waals surface area contributed by atoms with Crippen molar-refractivity contribution in [3.63, 3.8) is 0 Å². The van der Waals surface area contributed by atoms with Crippen LogP contribution in [-0.2, 0) is 6.54 Å². The van der Waals surface area contributed by atoms with Crippen LogP contribution in [0.1, 0.15) is 37.8 Å². The van der Waals surface area contributed by atoms with Crippen molar-refractivity contribution in [3.8, 4) is 6.07 Å². The maximum Gasteiger partial charge on any atom is 0.101 e. The molecule has 1 aliphatic carbocycles. The van der Waals surface area contributed by atoms with Gasteiger partial charge in [-0.15, -0.1) is 0 Å². The standard InChI is InChI=1S/C16H23N3/c1-12(2)19(11-13-4-5-13)16-7-6-14(10-18-3)8-15(16)9-17/h6-8,12-13,18H,4-5,10-11H2,1-3H3. The molecule has 1 saturated carbocycles. The Bertz CT molecular complexity index is 469. The van der Waals surface area contributed by atoms with Gasteiger partial charge in [-0.2, -0.15) is 5.26 Å². The van der Waals surface area contributed by atoms with E-state index in [1.54, 1.807) is 0 Å². The normalized spacial score (nSPS) is 14.5. The second-order valence-corrected chi connectivity index (χ2v) is 5.68. The maximum absolute atomic E-state index is 9.39. The smallest absolute Gasteiger partial charge is 0.101 e. The van der Waals surface area contributed by atoms with Gasteiger partial charge < -0.3 is 10.2 Å². The molecule has 1 fully saturated rings. The second kappa shape index (κ2) is 6.08. The van der Waals surface area contributed by atoms with E-state index in [0.717, 1.165) is 35.8 Å². The molecule has 3 heteroatoms. The van der Waals surface area contributed by atoms with Crippen LogP contribution in [0.5, 0.6) is 0 Å². The molecule has 2 rings (SSSR count). The van der Waals surface area contributed by atoms with Gasteiger partial charge in [0.05, 0.1) is 11.3 Å². The van der Waals surface area contributed by atoms with Crippen molar-refractivity contribution in [2.45, 2.75) is 39.3 Å². The molecule has 0 unspecified atom stereocenters. The predicted octanol–water partition coefficient (Wildman–Crippen LogP) is 2.90. The fourth-order valence-corrected chi connectivity index (χ4v) is 2.40. The molecular formula is C16H23N3. The molecule has 0 aliphatic heterocycles. The molecule has 0 radical (unpaired) electrons. The quantitative estimate of drug-likeness (QED) is 0.851. The first-order valence-electron chi connectivity index (χ1n) is 7.10. The molecule has 1 aliphatic rings. The van der Waals surface area contributed by atoms with Crippen LogP contribution in [0.25, 0.3) is 0 Å². The van der Waals surface area contributed by atoms with Crippen molar-refractivity contribution >= 4 is 5.69 Å². The summed E-state index contributed by atoms with van der Waals surface area (Å²) in [5.74, 6) is 0.825. The van der Waals surface area contributed by atoms with Crippen molar-refractivity contribution in [3.05, 3.63) is 29.3 Å². The Hall–Kier alpha value is -1.53. The molecule has 0 amide bonds. The maximum atomic E-state index is 9.39. The van der Waals surface area contributed by atoms with Crippen LogP contribution in [0.3, 0.4) is 0 Å². The zero-order valence-electron chi connectivity index (χ0n) is 12.1. The fourth-order valence-electron chi connectivity index (χ4n) is 2.40. The second-order valence-electron chi connectivity index (χ2n) is 5.68. The van der Waals surface area contributed by atoms with Gasteiger partial charge >= 0.3 is 0 Å². The highest BCUT2D eigenvalue weighted by Gasteiger charge is 2.26. The van der Waals surface area contributed by atoms with E-state index in [-0.39, 0.29) is 0 Å². The summed E-state index contributed by atoms with van der Waals surface area (Å²) in [7, 11) is 1.92. The molecule has 0 bridgehead atoms.